The van der Waals surface area contributed by atoms with E-state index in [0.29, 0.717) is 48.3 Å². The number of methoxy groups -OCH3 is 1. The maximum atomic E-state index is 12.7. The van der Waals surface area contributed by atoms with E-state index in [2.05, 4.69) is 0 Å². The van der Waals surface area contributed by atoms with Crippen molar-refractivity contribution in [2.75, 3.05) is 43.2 Å². The molecule has 23 nitrogen and oxygen atoms in total. The molecule has 0 aliphatic carbocycles. The van der Waals surface area contributed by atoms with Gasteiger partial charge in [-0.1, -0.05) is 30.7 Å². The smallest absolute Gasteiger partial charge is 0.303 e. The Morgan fingerprint density at radius 3 is 1.79 bits per heavy atom. The summed E-state index contributed by atoms with van der Waals surface area (Å²) >= 11 is 0. The number of allylic oxidation sites excluding steroid dienone is 6. The van der Waals surface area contributed by atoms with E-state index in [1.54, 1.807) is 48.8 Å². The van der Waals surface area contributed by atoms with Crippen LogP contribution < -0.4 is 4.90 Å². The summed E-state index contributed by atoms with van der Waals surface area (Å²) in [5.74, 6) is -2.51. The number of hydrogen-bond donors (Lipinski definition) is 6. The number of anilines is 1. The molecule has 2 heterocycles. The molecule has 75 heavy (non-hydrogen) atoms. The van der Waals surface area contributed by atoms with Crippen molar-refractivity contribution in [1.82, 2.24) is 0 Å². The number of carboxylic acid groups (broad SMARTS) is 1. The van der Waals surface area contributed by atoms with Crippen molar-refractivity contribution in [1.29, 1.82) is 0 Å². The van der Waals surface area contributed by atoms with Crippen LogP contribution in [-0.2, 0) is 81.1 Å². The first-order valence-electron chi connectivity index (χ1n) is 22.7. The molecule has 0 bridgehead atoms. The molecular weight excluding hydrogens is 1110 g/mol. The highest BCUT2D eigenvalue weighted by atomic mass is 32.2. The number of rotatable bonds is 24. The third kappa shape index (κ3) is 13.2. The zero-order valence-corrected chi connectivity index (χ0v) is 45.2. The minimum absolute atomic E-state index is 0.0123. The lowest BCUT2D eigenvalue weighted by Gasteiger charge is -2.30. The first-order valence-corrected chi connectivity index (χ1v) is 31.7. The van der Waals surface area contributed by atoms with Crippen LogP contribution in [-0.4, -0.2) is 137 Å². The van der Waals surface area contributed by atoms with Gasteiger partial charge in [-0.15, -0.1) is 0 Å². The van der Waals surface area contributed by atoms with Crippen LogP contribution >= 0.6 is 0 Å². The number of unbranched alkanes of at least 4 members (excludes halogenated alkanes) is 2. The van der Waals surface area contributed by atoms with Crippen molar-refractivity contribution in [3.63, 3.8) is 0 Å². The minimum atomic E-state index is -5.34. The first kappa shape index (κ1) is 59.2. The molecule has 0 saturated carbocycles. The largest absolute Gasteiger partial charge is 0.744 e. The van der Waals surface area contributed by atoms with E-state index >= 15 is 0 Å². The van der Waals surface area contributed by atoms with E-state index < -0.39 is 109 Å². The highest BCUT2D eigenvalue weighted by molar-refractivity contribution is 7.87. The third-order valence-corrected chi connectivity index (χ3v) is 18.4. The molecule has 4 aromatic carbocycles. The van der Waals surface area contributed by atoms with Gasteiger partial charge in [0, 0.05) is 73.0 Å². The standard InChI is InChI=1S/C46H54N2O21S6/c1-45(19-10-24-70(51,52)53)40(48(22-11-25-71(54,55)56)36-17-15-32-34(43(36)45)26-30(72(57,58)59)28-38(32)74(63,64)65)12-6-4-7-13-41-46(2,20-23-69-3)44-35-27-31(73(60,61)62)29-39(75(66,67)68)33(35)16-18-37(44)47(41)21-9-5-8-14-42(49)50/h4,6-7,12-13,15-18,26-29H,5,8-11,14,19-25H2,1-3H3,(H6-,49,50,51,52,53,54,55,56,57,58,59,60,61,62,63,64,65,66,67,68). The van der Waals surface area contributed by atoms with Gasteiger partial charge in [-0.25, -0.2) is 8.42 Å². The Morgan fingerprint density at radius 2 is 1.23 bits per heavy atom. The highest BCUT2D eigenvalue weighted by Crippen LogP contribution is 2.54. The molecule has 410 valence electrons. The summed E-state index contributed by atoms with van der Waals surface area (Å²) in [5.41, 5.74) is -0.637. The van der Waals surface area contributed by atoms with Crippen molar-refractivity contribution < 1.29 is 97.0 Å². The Hall–Kier alpha value is -5.02. The van der Waals surface area contributed by atoms with Crippen LogP contribution in [0.2, 0.25) is 0 Å². The summed E-state index contributed by atoms with van der Waals surface area (Å²) in [7, 11) is -28.5. The lowest BCUT2D eigenvalue weighted by molar-refractivity contribution is -0.437. The van der Waals surface area contributed by atoms with Crippen molar-refractivity contribution in [3.05, 3.63) is 95.7 Å². The molecule has 0 aromatic heterocycles. The van der Waals surface area contributed by atoms with E-state index in [9.17, 15) is 87.7 Å². The molecule has 6 N–H and O–H groups in total. The van der Waals surface area contributed by atoms with Gasteiger partial charge < -0.3 is 19.3 Å². The lowest BCUT2D eigenvalue weighted by atomic mass is 9.74. The Kier molecular flexibility index (Phi) is 17.2. The molecule has 6 rings (SSSR count). The fourth-order valence-electron chi connectivity index (χ4n) is 10.1. The molecule has 0 spiro atoms. The van der Waals surface area contributed by atoms with Crippen molar-refractivity contribution in [3.8, 4) is 0 Å². The van der Waals surface area contributed by atoms with Crippen LogP contribution in [0.4, 0.5) is 11.4 Å². The second kappa shape index (κ2) is 21.8. The SMILES string of the molecule is COCCC1(C)\C(=C/C=C/C=C/C2=[N+](CCCS(=O)(=O)O)c3ccc4c(S(=O)(=O)O)cc(S(=O)(=O)O)cc4c3C2(C)CCCS(=O)(=O)O)N(CCCCCC(=O)O)c2ccc3c(S(=O)(=O)[O-])cc(S(=O)(=O)O)cc3c21. The van der Waals surface area contributed by atoms with Crippen molar-refractivity contribution >= 4 is 105 Å². The molecule has 0 radical (unpaired) electrons. The molecule has 0 saturated heterocycles. The quantitative estimate of drug-likeness (QED) is 0.0221. The summed E-state index contributed by atoms with van der Waals surface area (Å²) in [6, 6.07) is 8.69. The summed E-state index contributed by atoms with van der Waals surface area (Å²) in [4.78, 5) is 9.59. The Morgan fingerprint density at radius 1 is 0.653 bits per heavy atom. The van der Waals surface area contributed by atoms with Crippen LogP contribution in [0.1, 0.15) is 76.3 Å². The Balaban J connectivity index is 1.58. The summed E-state index contributed by atoms with van der Waals surface area (Å²) in [5, 5.41) is 8.79. The Labute approximate surface area is 434 Å². The minimum Gasteiger partial charge on any atom is -0.744 e. The maximum absolute atomic E-state index is 12.7. The van der Waals surface area contributed by atoms with Gasteiger partial charge in [0.25, 0.3) is 50.6 Å². The van der Waals surface area contributed by atoms with Gasteiger partial charge in [0.05, 0.1) is 31.6 Å². The predicted molar refractivity (Wildman–Crippen MR) is 273 cm³/mol. The van der Waals surface area contributed by atoms with Gasteiger partial charge >= 0.3 is 5.97 Å². The third-order valence-electron chi connectivity index (χ3n) is 13.3. The second-order valence-corrected chi connectivity index (χ2v) is 27.2. The van der Waals surface area contributed by atoms with Gasteiger partial charge in [-0.05, 0) is 110 Å². The number of carboxylic acids is 1. The average molecular weight is 1160 g/mol. The molecule has 2 aliphatic heterocycles. The van der Waals surface area contributed by atoms with Gasteiger partial charge in [-0.3, -0.25) is 27.6 Å². The second-order valence-electron chi connectivity index (χ2n) is 18.5. The number of nitrogens with zero attached hydrogens (tertiary/aromatic N) is 2. The molecule has 29 heteroatoms. The van der Waals surface area contributed by atoms with Crippen molar-refractivity contribution in [2.45, 2.75) is 95.6 Å². The van der Waals surface area contributed by atoms with E-state index in [4.69, 9.17) is 4.74 Å². The van der Waals surface area contributed by atoms with Crippen LogP contribution in [0.25, 0.3) is 21.5 Å². The monoisotopic (exact) mass is 1160 g/mol. The molecular formula is C46H54N2O21S6. The van der Waals surface area contributed by atoms with Crippen LogP contribution in [0.3, 0.4) is 0 Å². The zero-order chi connectivity index (χ0) is 55.9. The summed E-state index contributed by atoms with van der Waals surface area (Å²) < 4.78 is 219. The topological polar surface area (TPSA) is 382 Å². The summed E-state index contributed by atoms with van der Waals surface area (Å²) in [6.45, 7) is 3.50. The Bertz CT molecular complexity index is 3810. The maximum Gasteiger partial charge on any atom is 0.303 e. The predicted octanol–water partition coefficient (Wildman–Crippen LogP) is 5.40. The van der Waals surface area contributed by atoms with Gasteiger partial charge in [0.15, 0.2) is 5.71 Å². The highest BCUT2D eigenvalue weighted by Gasteiger charge is 2.49. The molecule has 2 unspecified atom stereocenters. The zero-order valence-electron chi connectivity index (χ0n) is 40.3. The average Bonchev–Trinajstić information content (AvgIpc) is 3.65. The summed E-state index contributed by atoms with van der Waals surface area (Å²) in [6.07, 6.45) is 8.48. The fourth-order valence-corrected chi connectivity index (χ4v) is 13.8. The first-order chi connectivity index (χ1) is 34.5. The number of ether oxygens (including phenoxy) is 1. The molecule has 2 atom stereocenters. The number of benzene rings is 4. The molecule has 2 aliphatic rings. The number of aliphatic carboxylic acids is 1. The van der Waals surface area contributed by atoms with E-state index in [1.165, 1.54) is 31.4 Å². The van der Waals surface area contributed by atoms with E-state index in [-0.39, 0.29) is 90.3 Å². The van der Waals surface area contributed by atoms with Gasteiger partial charge in [-0.2, -0.15) is 46.7 Å². The number of fused-ring (bicyclic) bond motifs is 6. The molecule has 0 amide bonds. The lowest BCUT2D eigenvalue weighted by Crippen LogP contribution is -2.32. The van der Waals surface area contributed by atoms with Crippen molar-refractivity contribution in [2.24, 2.45) is 0 Å². The van der Waals surface area contributed by atoms with Gasteiger partial charge in [0.2, 0.25) is 5.69 Å². The number of carbonyl (C=O) groups is 1. The van der Waals surface area contributed by atoms with E-state index in [1.807, 2.05) is 4.90 Å². The van der Waals surface area contributed by atoms with Crippen LogP contribution in [0.5, 0.6) is 0 Å². The molecule has 0 fully saturated rings. The van der Waals surface area contributed by atoms with Crippen LogP contribution in [0, 0.1) is 0 Å². The van der Waals surface area contributed by atoms with E-state index in [0.717, 1.165) is 12.1 Å². The normalized spacial score (nSPS) is 19.4. The number of hydrogen-bond acceptors (Lipinski definition) is 16. The van der Waals surface area contributed by atoms with Crippen LogP contribution in [0.15, 0.2) is 104 Å². The molecule has 4 aromatic rings. The fraction of sp³-hybridized carbons (Fsp3) is 0.391. The van der Waals surface area contributed by atoms with Gasteiger partial charge in [0.1, 0.15) is 21.6 Å².